The second kappa shape index (κ2) is 6.71. The van der Waals surface area contributed by atoms with Crippen molar-refractivity contribution >= 4 is 22.0 Å². The molecule has 110 valence electrons. The zero-order valence-electron chi connectivity index (χ0n) is 10.5. The molecule has 0 radical (unpaired) electrons. The molecule has 0 aromatic carbocycles. The maximum Gasteiger partial charge on any atom is 0.315 e. The number of carbonyl (C=O) groups excluding carboxylic acids is 1. The quantitative estimate of drug-likeness (QED) is 0.476. The minimum atomic E-state index is -3.51. The fraction of sp³-hybridized carbons (Fsp3) is 0.800. The van der Waals surface area contributed by atoms with E-state index in [9.17, 15) is 18.0 Å². The Labute approximate surface area is 111 Å². The van der Waals surface area contributed by atoms with Crippen molar-refractivity contribution in [3.05, 3.63) is 0 Å². The molecular formula is C10H19N3O5S. The lowest BCUT2D eigenvalue weighted by molar-refractivity contribution is -0.142. The molecule has 9 heteroatoms. The summed E-state index contributed by atoms with van der Waals surface area (Å²) >= 11 is 0. The van der Waals surface area contributed by atoms with E-state index in [0.717, 1.165) is 6.42 Å². The molecule has 0 bridgehead atoms. The number of nitrogens with two attached hydrogens (primary N) is 1. The molecule has 1 rings (SSSR count). The number of aliphatic carboxylic acids is 1. The number of carbonyl (C=O) groups is 2. The summed E-state index contributed by atoms with van der Waals surface area (Å²) in [6.07, 6.45) is 2.19. The van der Waals surface area contributed by atoms with Crippen molar-refractivity contribution in [3.63, 3.8) is 0 Å². The summed E-state index contributed by atoms with van der Waals surface area (Å²) in [6, 6.07) is -0.844. The third-order valence-electron chi connectivity index (χ3n) is 3.04. The van der Waals surface area contributed by atoms with Gasteiger partial charge in [0.15, 0.2) is 0 Å². The highest BCUT2D eigenvalue weighted by atomic mass is 32.2. The summed E-state index contributed by atoms with van der Waals surface area (Å²) in [5.41, 5.74) is 0. The number of hydrogen-bond acceptors (Lipinski definition) is 4. The number of primary sulfonamides is 1. The fourth-order valence-corrected chi connectivity index (χ4v) is 2.67. The molecule has 1 aliphatic carbocycles. The van der Waals surface area contributed by atoms with Crippen molar-refractivity contribution in [1.82, 2.24) is 10.6 Å². The van der Waals surface area contributed by atoms with Crippen LogP contribution in [-0.4, -0.2) is 43.9 Å². The van der Waals surface area contributed by atoms with E-state index in [2.05, 4.69) is 10.6 Å². The van der Waals surface area contributed by atoms with Gasteiger partial charge in [0, 0.05) is 12.6 Å². The number of urea groups is 1. The van der Waals surface area contributed by atoms with Gasteiger partial charge >= 0.3 is 12.0 Å². The van der Waals surface area contributed by atoms with Crippen molar-refractivity contribution < 1.29 is 23.1 Å². The molecule has 0 aliphatic heterocycles. The van der Waals surface area contributed by atoms with Crippen LogP contribution in [0.2, 0.25) is 0 Å². The van der Waals surface area contributed by atoms with Crippen LogP contribution in [0.15, 0.2) is 0 Å². The van der Waals surface area contributed by atoms with E-state index >= 15 is 0 Å². The second-order valence-corrected chi connectivity index (χ2v) is 6.34. The largest absolute Gasteiger partial charge is 0.481 e. The normalized spacial score (nSPS) is 23.0. The van der Waals surface area contributed by atoms with Crippen LogP contribution in [0.3, 0.4) is 0 Å². The van der Waals surface area contributed by atoms with Crippen molar-refractivity contribution in [2.45, 2.75) is 31.7 Å². The van der Waals surface area contributed by atoms with Crippen LogP contribution in [-0.2, 0) is 14.8 Å². The smallest absolute Gasteiger partial charge is 0.315 e. The molecule has 0 saturated heterocycles. The zero-order chi connectivity index (χ0) is 14.5. The van der Waals surface area contributed by atoms with Crippen LogP contribution in [0.1, 0.15) is 25.7 Å². The third kappa shape index (κ3) is 5.88. The first-order valence-corrected chi connectivity index (χ1v) is 7.79. The number of amides is 2. The average Bonchev–Trinajstić information content (AvgIpc) is 2.71. The molecule has 1 aliphatic rings. The highest BCUT2D eigenvalue weighted by Gasteiger charge is 2.33. The van der Waals surface area contributed by atoms with Gasteiger partial charge in [-0.1, -0.05) is 6.42 Å². The van der Waals surface area contributed by atoms with Gasteiger partial charge in [0.05, 0.1) is 11.7 Å². The Bertz CT molecular complexity index is 436. The van der Waals surface area contributed by atoms with E-state index in [-0.39, 0.29) is 24.8 Å². The SMILES string of the molecule is NS(=O)(=O)CCCNC(=O)NC1CCCC1C(=O)O. The summed E-state index contributed by atoms with van der Waals surface area (Å²) in [6.45, 7) is 0.173. The Morgan fingerprint density at radius 3 is 2.58 bits per heavy atom. The van der Waals surface area contributed by atoms with Gasteiger partial charge in [0.2, 0.25) is 10.0 Å². The molecule has 1 saturated carbocycles. The van der Waals surface area contributed by atoms with E-state index in [1.165, 1.54) is 0 Å². The molecule has 19 heavy (non-hydrogen) atoms. The van der Waals surface area contributed by atoms with Crippen LogP contribution in [0.5, 0.6) is 0 Å². The van der Waals surface area contributed by atoms with E-state index in [4.69, 9.17) is 10.2 Å². The Morgan fingerprint density at radius 1 is 1.32 bits per heavy atom. The number of sulfonamides is 1. The molecule has 5 N–H and O–H groups in total. The molecule has 1 fully saturated rings. The monoisotopic (exact) mass is 293 g/mol. The number of carboxylic acid groups (broad SMARTS) is 1. The highest BCUT2D eigenvalue weighted by molar-refractivity contribution is 7.89. The number of rotatable bonds is 6. The van der Waals surface area contributed by atoms with Gasteiger partial charge in [-0.15, -0.1) is 0 Å². The molecule has 0 aromatic heterocycles. The molecule has 2 unspecified atom stereocenters. The maximum absolute atomic E-state index is 11.5. The molecule has 2 atom stereocenters. The predicted molar refractivity (Wildman–Crippen MR) is 67.9 cm³/mol. The minimum Gasteiger partial charge on any atom is -0.481 e. The number of carboxylic acids is 1. The molecule has 0 heterocycles. The predicted octanol–water partition coefficient (Wildman–Crippen LogP) is -0.782. The number of nitrogens with one attached hydrogen (secondary N) is 2. The van der Waals surface area contributed by atoms with Crippen LogP contribution in [0.25, 0.3) is 0 Å². The van der Waals surface area contributed by atoms with Crippen LogP contribution < -0.4 is 15.8 Å². The Balaban J connectivity index is 2.26. The molecular weight excluding hydrogens is 274 g/mol. The lowest BCUT2D eigenvalue weighted by Gasteiger charge is -2.17. The molecule has 8 nitrogen and oxygen atoms in total. The highest BCUT2D eigenvalue weighted by Crippen LogP contribution is 2.25. The minimum absolute atomic E-state index is 0.173. The first-order chi connectivity index (χ1) is 8.79. The summed E-state index contributed by atoms with van der Waals surface area (Å²) in [5.74, 6) is -1.65. The fourth-order valence-electron chi connectivity index (χ4n) is 2.12. The van der Waals surface area contributed by atoms with Gasteiger partial charge in [-0.2, -0.15) is 0 Å². The average molecular weight is 293 g/mol. The standard InChI is InChI=1S/C10H19N3O5S/c11-19(17,18)6-2-5-12-10(16)13-8-4-1-3-7(8)9(14)15/h7-8H,1-6H2,(H,14,15)(H2,11,17,18)(H2,12,13,16). The molecule has 0 aromatic rings. The summed E-state index contributed by atoms with van der Waals surface area (Å²) < 4.78 is 21.3. The van der Waals surface area contributed by atoms with Crippen LogP contribution >= 0.6 is 0 Å². The molecule has 0 spiro atoms. The Hall–Kier alpha value is -1.35. The first kappa shape index (κ1) is 15.7. The van der Waals surface area contributed by atoms with E-state index in [0.29, 0.717) is 12.8 Å². The molecule has 2 amide bonds. The lowest BCUT2D eigenvalue weighted by atomic mass is 10.0. The first-order valence-electron chi connectivity index (χ1n) is 6.07. The Kier molecular flexibility index (Phi) is 5.55. The van der Waals surface area contributed by atoms with E-state index in [1.54, 1.807) is 0 Å². The van der Waals surface area contributed by atoms with E-state index in [1.807, 2.05) is 0 Å². The lowest BCUT2D eigenvalue weighted by Crippen LogP contribution is -2.45. The topological polar surface area (TPSA) is 139 Å². The third-order valence-corrected chi connectivity index (χ3v) is 3.90. The summed E-state index contributed by atoms with van der Waals surface area (Å²) in [7, 11) is -3.51. The summed E-state index contributed by atoms with van der Waals surface area (Å²) in [5, 5.41) is 18.8. The van der Waals surface area contributed by atoms with Gasteiger partial charge < -0.3 is 15.7 Å². The second-order valence-electron chi connectivity index (χ2n) is 4.60. The van der Waals surface area contributed by atoms with Crippen molar-refractivity contribution in [2.24, 2.45) is 11.1 Å². The maximum atomic E-state index is 11.5. The number of hydrogen-bond donors (Lipinski definition) is 4. The van der Waals surface area contributed by atoms with Gasteiger partial charge in [0.1, 0.15) is 0 Å². The van der Waals surface area contributed by atoms with Crippen molar-refractivity contribution in [2.75, 3.05) is 12.3 Å². The van der Waals surface area contributed by atoms with Gasteiger partial charge in [-0.3, -0.25) is 4.79 Å². The van der Waals surface area contributed by atoms with Crippen molar-refractivity contribution in [3.8, 4) is 0 Å². The van der Waals surface area contributed by atoms with Crippen molar-refractivity contribution in [1.29, 1.82) is 0 Å². The van der Waals surface area contributed by atoms with Crippen LogP contribution in [0.4, 0.5) is 4.79 Å². The van der Waals surface area contributed by atoms with E-state index < -0.39 is 27.9 Å². The Morgan fingerprint density at radius 2 is 2.00 bits per heavy atom. The van der Waals surface area contributed by atoms with Gasteiger partial charge in [-0.05, 0) is 19.3 Å². The van der Waals surface area contributed by atoms with Gasteiger partial charge in [0.25, 0.3) is 0 Å². The zero-order valence-corrected chi connectivity index (χ0v) is 11.3. The van der Waals surface area contributed by atoms with Gasteiger partial charge in [-0.25, -0.2) is 18.4 Å². The summed E-state index contributed by atoms with van der Waals surface area (Å²) in [4.78, 5) is 22.4. The van der Waals surface area contributed by atoms with Crippen LogP contribution in [0, 0.1) is 5.92 Å².